The third kappa shape index (κ3) is 3.69. The number of aliphatic carboxylic acids is 1. The van der Waals surface area contributed by atoms with Crippen molar-refractivity contribution >= 4 is 12.0 Å². The first-order valence-corrected chi connectivity index (χ1v) is 9.31. The predicted molar refractivity (Wildman–Crippen MR) is 96.4 cm³/mol. The van der Waals surface area contributed by atoms with Gasteiger partial charge in [-0.3, -0.25) is 4.79 Å². The molecular weight excluding hydrogens is 335 g/mol. The molecule has 1 aromatic rings. The summed E-state index contributed by atoms with van der Waals surface area (Å²) < 4.78 is 13.2. The highest BCUT2D eigenvalue weighted by atomic mass is 19.1. The van der Waals surface area contributed by atoms with Crippen molar-refractivity contribution in [3.05, 3.63) is 35.6 Å². The van der Waals surface area contributed by atoms with E-state index < -0.39 is 5.97 Å². The fourth-order valence-corrected chi connectivity index (χ4v) is 4.10. The van der Waals surface area contributed by atoms with Crippen molar-refractivity contribution < 1.29 is 19.1 Å². The minimum absolute atomic E-state index is 0.0235. The summed E-state index contributed by atoms with van der Waals surface area (Å²) in [6.07, 6.45) is 4.36. The summed E-state index contributed by atoms with van der Waals surface area (Å²) in [4.78, 5) is 23.5. The van der Waals surface area contributed by atoms with Crippen LogP contribution in [0.5, 0.6) is 0 Å². The molecule has 1 aromatic carbocycles. The minimum Gasteiger partial charge on any atom is -0.481 e. The molecule has 26 heavy (non-hydrogen) atoms. The molecule has 2 fully saturated rings. The molecule has 6 heteroatoms. The molecule has 0 aliphatic heterocycles. The molecule has 0 aromatic heterocycles. The summed E-state index contributed by atoms with van der Waals surface area (Å²) >= 11 is 0. The monoisotopic (exact) mass is 362 g/mol. The van der Waals surface area contributed by atoms with Crippen LogP contribution in [0.2, 0.25) is 0 Å². The number of nitrogens with one attached hydrogen (secondary N) is 2. The molecule has 0 unspecified atom stereocenters. The van der Waals surface area contributed by atoms with E-state index in [1.54, 1.807) is 12.1 Å². The van der Waals surface area contributed by atoms with Gasteiger partial charge in [-0.15, -0.1) is 0 Å². The number of rotatable bonds is 5. The molecular formula is C20H27FN2O3. The van der Waals surface area contributed by atoms with Gasteiger partial charge in [0.05, 0.1) is 11.5 Å². The van der Waals surface area contributed by atoms with E-state index in [0.717, 1.165) is 18.4 Å². The first-order chi connectivity index (χ1) is 12.2. The van der Waals surface area contributed by atoms with E-state index in [-0.39, 0.29) is 34.8 Å². The lowest BCUT2D eigenvalue weighted by Gasteiger charge is -2.37. The molecule has 142 valence electrons. The molecule has 3 N–H and O–H groups in total. The van der Waals surface area contributed by atoms with E-state index in [1.165, 1.54) is 12.1 Å². The Hall–Kier alpha value is -2.11. The molecule has 0 spiro atoms. The maximum atomic E-state index is 13.2. The van der Waals surface area contributed by atoms with Crippen LogP contribution >= 0.6 is 0 Å². The van der Waals surface area contributed by atoms with Crippen LogP contribution in [-0.4, -0.2) is 28.7 Å². The Bertz CT molecular complexity index is 675. The van der Waals surface area contributed by atoms with Crippen LogP contribution in [0.25, 0.3) is 0 Å². The van der Waals surface area contributed by atoms with Gasteiger partial charge in [0.15, 0.2) is 0 Å². The molecule has 0 heterocycles. The van der Waals surface area contributed by atoms with E-state index in [4.69, 9.17) is 5.11 Å². The lowest BCUT2D eigenvalue weighted by Crippen LogP contribution is -2.55. The molecule has 0 saturated heterocycles. The van der Waals surface area contributed by atoms with Crippen LogP contribution < -0.4 is 10.6 Å². The Labute approximate surface area is 153 Å². The van der Waals surface area contributed by atoms with Gasteiger partial charge in [0, 0.05) is 11.5 Å². The molecule has 2 aliphatic carbocycles. The van der Waals surface area contributed by atoms with Gasteiger partial charge in [0.25, 0.3) is 0 Å². The van der Waals surface area contributed by atoms with Crippen molar-refractivity contribution in [2.75, 3.05) is 0 Å². The number of carboxylic acid groups (broad SMARTS) is 1. The third-order valence-electron chi connectivity index (χ3n) is 6.28. The van der Waals surface area contributed by atoms with E-state index in [9.17, 15) is 14.0 Å². The molecule has 2 saturated carbocycles. The Morgan fingerprint density at radius 2 is 1.69 bits per heavy atom. The SMILES string of the molecule is CC(C)(c1ccc(F)cc1)C1(NC(=O)NC2CCC(C(=O)O)CC2)CC1. The highest BCUT2D eigenvalue weighted by Crippen LogP contribution is 2.51. The fourth-order valence-electron chi connectivity index (χ4n) is 4.10. The van der Waals surface area contributed by atoms with Crippen LogP contribution in [0.1, 0.15) is 57.9 Å². The van der Waals surface area contributed by atoms with Crippen molar-refractivity contribution in [2.45, 2.75) is 69.4 Å². The molecule has 3 rings (SSSR count). The highest BCUT2D eigenvalue weighted by molar-refractivity contribution is 5.76. The summed E-state index contributed by atoms with van der Waals surface area (Å²) in [5.41, 5.74) is 0.366. The average Bonchev–Trinajstić information content (AvgIpc) is 3.37. The molecule has 5 nitrogen and oxygen atoms in total. The standard InChI is InChI=1S/C20H27FN2O3/c1-19(2,14-5-7-15(21)8-6-14)20(11-12-20)23-18(26)22-16-9-3-13(4-10-16)17(24)25/h5-8,13,16H,3-4,9-12H2,1-2H3,(H,24,25)(H2,22,23,26). The number of benzene rings is 1. The van der Waals surface area contributed by atoms with Gasteiger partial charge in [-0.25, -0.2) is 9.18 Å². The van der Waals surface area contributed by atoms with Gasteiger partial charge < -0.3 is 15.7 Å². The maximum Gasteiger partial charge on any atom is 0.315 e. The molecule has 0 atom stereocenters. The molecule has 2 aliphatic rings. The van der Waals surface area contributed by atoms with Crippen molar-refractivity contribution in [1.82, 2.24) is 10.6 Å². The zero-order valence-corrected chi connectivity index (χ0v) is 15.3. The van der Waals surface area contributed by atoms with Crippen molar-refractivity contribution in [1.29, 1.82) is 0 Å². The molecule has 0 radical (unpaired) electrons. The zero-order valence-electron chi connectivity index (χ0n) is 15.3. The number of urea groups is 1. The fraction of sp³-hybridized carbons (Fsp3) is 0.600. The quantitative estimate of drug-likeness (QED) is 0.749. The van der Waals surface area contributed by atoms with Crippen molar-refractivity contribution in [2.24, 2.45) is 5.92 Å². The summed E-state index contributed by atoms with van der Waals surface area (Å²) in [5.74, 6) is -1.30. The Balaban J connectivity index is 1.58. The first kappa shape index (κ1) is 18.7. The average molecular weight is 362 g/mol. The number of hydrogen-bond acceptors (Lipinski definition) is 2. The van der Waals surface area contributed by atoms with E-state index in [1.807, 2.05) is 0 Å². The lowest BCUT2D eigenvalue weighted by molar-refractivity contribution is -0.142. The maximum absolute atomic E-state index is 13.2. The second kappa shape index (κ2) is 6.89. The smallest absolute Gasteiger partial charge is 0.315 e. The van der Waals surface area contributed by atoms with Gasteiger partial charge >= 0.3 is 12.0 Å². The summed E-state index contributed by atoms with van der Waals surface area (Å²) in [5, 5.41) is 15.2. The van der Waals surface area contributed by atoms with E-state index in [0.29, 0.717) is 25.7 Å². The van der Waals surface area contributed by atoms with Crippen LogP contribution in [0.4, 0.5) is 9.18 Å². The number of carboxylic acids is 1. The Kier molecular flexibility index (Phi) is 4.95. The van der Waals surface area contributed by atoms with E-state index in [2.05, 4.69) is 24.5 Å². The molecule has 2 amide bonds. The Morgan fingerprint density at radius 1 is 1.12 bits per heavy atom. The number of amides is 2. The number of hydrogen-bond donors (Lipinski definition) is 3. The summed E-state index contributed by atoms with van der Waals surface area (Å²) in [6, 6.07) is 6.29. The largest absolute Gasteiger partial charge is 0.481 e. The number of halogens is 1. The zero-order chi connectivity index (χ0) is 18.9. The highest BCUT2D eigenvalue weighted by Gasteiger charge is 2.56. The van der Waals surface area contributed by atoms with Gasteiger partial charge in [0.1, 0.15) is 5.82 Å². The summed E-state index contributed by atoms with van der Waals surface area (Å²) in [7, 11) is 0. The Morgan fingerprint density at radius 3 is 2.19 bits per heavy atom. The predicted octanol–water partition coefficient (Wildman–Crippen LogP) is 3.58. The van der Waals surface area contributed by atoms with Gasteiger partial charge in [0.2, 0.25) is 0 Å². The first-order valence-electron chi connectivity index (χ1n) is 9.31. The minimum atomic E-state index is -0.745. The normalized spacial score (nSPS) is 24.6. The summed E-state index contributed by atoms with van der Waals surface area (Å²) in [6.45, 7) is 4.15. The van der Waals surface area contributed by atoms with Gasteiger partial charge in [-0.1, -0.05) is 26.0 Å². The molecule has 0 bridgehead atoms. The van der Waals surface area contributed by atoms with Crippen molar-refractivity contribution in [3.8, 4) is 0 Å². The van der Waals surface area contributed by atoms with Gasteiger partial charge in [-0.05, 0) is 56.2 Å². The second-order valence-electron chi connectivity index (χ2n) is 8.20. The topological polar surface area (TPSA) is 78.4 Å². The lowest BCUT2D eigenvalue weighted by atomic mass is 9.75. The number of carbonyl (C=O) groups excluding carboxylic acids is 1. The second-order valence-corrected chi connectivity index (χ2v) is 8.20. The number of carbonyl (C=O) groups is 2. The van der Waals surface area contributed by atoms with E-state index >= 15 is 0 Å². The van der Waals surface area contributed by atoms with Crippen LogP contribution in [0, 0.1) is 11.7 Å². The van der Waals surface area contributed by atoms with Crippen molar-refractivity contribution in [3.63, 3.8) is 0 Å². The van der Waals surface area contributed by atoms with Crippen LogP contribution in [0.3, 0.4) is 0 Å². The van der Waals surface area contributed by atoms with Crippen LogP contribution in [0.15, 0.2) is 24.3 Å². The van der Waals surface area contributed by atoms with Crippen LogP contribution in [-0.2, 0) is 10.2 Å². The van der Waals surface area contributed by atoms with Gasteiger partial charge in [-0.2, -0.15) is 0 Å². The third-order valence-corrected chi connectivity index (χ3v) is 6.28.